The highest BCUT2D eigenvalue weighted by Crippen LogP contribution is 2.28. The molecule has 4 nitrogen and oxygen atoms in total. The second-order valence-corrected chi connectivity index (χ2v) is 4.68. The van der Waals surface area contributed by atoms with Gasteiger partial charge in [-0.25, -0.2) is 0 Å². The molecule has 5 heteroatoms. The third-order valence-corrected chi connectivity index (χ3v) is 3.31. The van der Waals surface area contributed by atoms with Crippen molar-refractivity contribution in [3.8, 4) is 5.19 Å². The first-order valence-electron chi connectivity index (χ1n) is 4.90. The molecule has 0 bridgehead atoms. The molecule has 0 atom stereocenters. The van der Waals surface area contributed by atoms with Crippen LogP contribution in [0.2, 0.25) is 0 Å². The van der Waals surface area contributed by atoms with Crippen molar-refractivity contribution in [1.29, 1.82) is 0 Å². The predicted molar refractivity (Wildman–Crippen MR) is 55.5 cm³/mol. The third kappa shape index (κ3) is 2.22. The Morgan fingerprint density at radius 1 is 1.50 bits per heavy atom. The Bertz CT molecular complexity index is 307. The number of rotatable bonds is 3. The lowest BCUT2D eigenvalue weighted by Crippen LogP contribution is -2.42. The maximum atomic E-state index is 6.15. The largest absolute Gasteiger partial charge is 0.467 e. The van der Waals surface area contributed by atoms with Gasteiger partial charge in [0.05, 0.1) is 5.54 Å². The van der Waals surface area contributed by atoms with E-state index in [4.69, 9.17) is 10.5 Å². The second kappa shape index (κ2) is 3.82. The minimum absolute atomic E-state index is 0.125. The number of hydrogen-bond acceptors (Lipinski definition) is 5. The lowest BCUT2D eigenvalue weighted by Gasteiger charge is -2.22. The molecule has 0 aromatic carbocycles. The van der Waals surface area contributed by atoms with Gasteiger partial charge >= 0.3 is 0 Å². The van der Waals surface area contributed by atoms with Crippen molar-refractivity contribution < 1.29 is 4.74 Å². The minimum atomic E-state index is -0.125. The van der Waals surface area contributed by atoms with E-state index in [2.05, 4.69) is 9.36 Å². The van der Waals surface area contributed by atoms with Crippen molar-refractivity contribution in [3.63, 3.8) is 0 Å². The van der Waals surface area contributed by atoms with E-state index in [0.717, 1.165) is 18.7 Å². The number of aromatic nitrogens is 2. The zero-order valence-electron chi connectivity index (χ0n) is 8.32. The van der Waals surface area contributed by atoms with E-state index in [1.807, 2.05) is 6.92 Å². The molecule has 1 aromatic rings. The summed E-state index contributed by atoms with van der Waals surface area (Å²) >= 11 is 1.29. The molecule has 1 fully saturated rings. The van der Waals surface area contributed by atoms with Crippen LogP contribution in [0.25, 0.3) is 0 Å². The van der Waals surface area contributed by atoms with Gasteiger partial charge in [-0.2, -0.15) is 9.36 Å². The van der Waals surface area contributed by atoms with Crippen LogP contribution < -0.4 is 10.5 Å². The Balaban J connectivity index is 1.87. The first-order valence-corrected chi connectivity index (χ1v) is 5.67. The summed E-state index contributed by atoms with van der Waals surface area (Å²) in [4.78, 5) is 4.13. The van der Waals surface area contributed by atoms with Gasteiger partial charge < -0.3 is 10.5 Å². The number of nitrogens with zero attached hydrogens (tertiary/aromatic N) is 2. The van der Waals surface area contributed by atoms with Gasteiger partial charge in [-0.05, 0) is 19.8 Å². The van der Waals surface area contributed by atoms with Crippen molar-refractivity contribution in [3.05, 3.63) is 5.82 Å². The van der Waals surface area contributed by atoms with Crippen LogP contribution in [-0.2, 0) is 0 Å². The molecular weight excluding hydrogens is 198 g/mol. The molecule has 0 aliphatic heterocycles. The number of nitrogens with two attached hydrogens (primary N) is 1. The van der Waals surface area contributed by atoms with Gasteiger partial charge in [0.25, 0.3) is 5.19 Å². The summed E-state index contributed by atoms with van der Waals surface area (Å²) < 4.78 is 9.58. The number of ether oxygens (including phenoxy) is 1. The summed E-state index contributed by atoms with van der Waals surface area (Å²) in [6.07, 6.45) is 4.56. The van der Waals surface area contributed by atoms with E-state index in [9.17, 15) is 0 Å². The topological polar surface area (TPSA) is 61.0 Å². The zero-order chi connectivity index (χ0) is 10.0. The van der Waals surface area contributed by atoms with Crippen molar-refractivity contribution >= 4 is 11.5 Å². The lowest BCUT2D eigenvalue weighted by atomic mass is 10.0. The fraction of sp³-hybridized carbons (Fsp3) is 0.778. The summed E-state index contributed by atoms with van der Waals surface area (Å²) in [6.45, 7) is 2.43. The van der Waals surface area contributed by atoms with Crippen LogP contribution >= 0.6 is 11.5 Å². The molecule has 2 rings (SSSR count). The van der Waals surface area contributed by atoms with Crippen LogP contribution in [0, 0.1) is 6.92 Å². The molecule has 1 aliphatic carbocycles. The van der Waals surface area contributed by atoms with Gasteiger partial charge in [0.15, 0.2) is 0 Å². The molecule has 2 N–H and O–H groups in total. The molecule has 1 aromatic heterocycles. The second-order valence-electron chi connectivity index (χ2n) is 3.97. The molecule has 78 valence electrons. The van der Waals surface area contributed by atoms with Crippen molar-refractivity contribution in [2.75, 3.05) is 6.61 Å². The van der Waals surface area contributed by atoms with Gasteiger partial charge in [0, 0.05) is 11.5 Å². The van der Waals surface area contributed by atoms with Gasteiger partial charge in [-0.15, -0.1) is 0 Å². The highest BCUT2D eigenvalue weighted by Gasteiger charge is 2.30. The molecular formula is C9H15N3OS. The Morgan fingerprint density at radius 2 is 2.21 bits per heavy atom. The van der Waals surface area contributed by atoms with Crippen LogP contribution in [0.1, 0.15) is 31.5 Å². The molecule has 1 heterocycles. The van der Waals surface area contributed by atoms with Gasteiger partial charge in [0.1, 0.15) is 12.4 Å². The Kier molecular flexibility index (Phi) is 2.69. The summed E-state index contributed by atoms with van der Waals surface area (Å²) in [6, 6.07) is 0. The summed E-state index contributed by atoms with van der Waals surface area (Å²) in [5.74, 6) is 0.766. The fourth-order valence-electron chi connectivity index (χ4n) is 1.77. The maximum absolute atomic E-state index is 6.15. The average Bonchev–Trinajstić information content (AvgIpc) is 2.73. The summed E-state index contributed by atoms with van der Waals surface area (Å²) in [5.41, 5.74) is 6.02. The monoisotopic (exact) mass is 213 g/mol. The van der Waals surface area contributed by atoms with Crippen LogP contribution in [0.15, 0.2) is 0 Å². The summed E-state index contributed by atoms with van der Waals surface area (Å²) in [7, 11) is 0. The van der Waals surface area contributed by atoms with Crippen LogP contribution in [0.4, 0.5) is 0 Å². The van der Waals surface area contributed by atoms with E-state index in [0.29, 0.717) is 11.8 Å². The minimum Gasteiger partial charge on any atom is -0.467 e. The highest BCUT2D eigenvalue weighted by molar-refractivity contribution is 7.07. The number of aryl methyl sites for hydroxylation is 1. The molecule has 1 saturated carbocycles. The van der Waals surface area contributed by atoms with E-state index in [1.165, 1.54) is 24.4 Å². The molecule has 0 radical (unpaired) electrons. The standard InChI is InChI=1S/C9H15N3OS/c1-7-11-8(14-12-7)13-6-9(10)4-2-3-5-9/h2-6,10H2,1H3. The quantitative estimate of drug-likeness (QED) is 0.826. The molecule has 0 saturated heterocycles. The smallest absolute Gasteiger partial charge is 0.293 e. The van der Waals surface area contributed by atoms with Crippen molar-refractivity contribution in [2.45, 2.75) is 38.1 Å². The maximum Gasteiger partial charge on any atom is 0.293 e. The first kappa shape index (κ1) is 9.86. The van der Waals surface area contributed by atoms with E-state index < -0.39 is 0 Å². The number of hydrogen-bond donors (Lipinski definition) is 1. The molecule has 0 unspecified atom stereocenters. The SMILES string of the molecule is Cc1nsc(OCC2(N)CCCC2)n1. The molecule has 0 spiro atoms. The molecule has 0 amide bonds. The van der Waals surface area contributed by atoms with Gasteiger partial charge in [0.2, 0.25) is 0 Å². The van der Waals surface area contributed by atoms with E-state index in [-0.39, 0.29) is 5.54 Å². The Labute approximate surface area is 87.7 Å². The molecule has 1 aliphatic rings. The fourth-order valence-corrected chi connectivity index (χ4v) is 2.30. The zero-order valence-corrected chi connectivity index (χ0v) is 9.14. The van der Waals surface area contributed by atoms with Crippen molar-refractivity contribution in [1.82, 2.24) is 9.36 Å². The summed E-state index contributed by atoms with van der Waals surface area (Å²) in [5, 5.41) is 0.638. The lowest BCUT2D eigenvalue weighted by molar-refractivity contribution is 0.219. The van der Waals surface area contributed by atoms with E-state index >= 15 is 0 Å². The molecule has 14 heavy (non-hydrogen) atoms. The average molecular weight is 213 g/mol. The van der Waals surface area contributed by atoms with Gasteiger partial charge in [-0.1, -0.05) is 12.8 Å². The third-order valence-electron chi connectivity index (χ3n) is 2.59. The van der Waals surface area contributed by atoms with Crippen molar-refractivity contribution in [2.24, 2.45) is 5.73 Å². The Hall–Kier alpha value is -0.680. The van der Waals surface area contributed by atoms with Crippen LogP contribution in [0.3, 0.4) is 0 Å². The van der Waals surface area contributed by atoms with E-state index in [1.54, 1.807) is 0 Å². The predicted octanol–water partition coefficient (Wildman–Crippen LogP) is 1.50. The van der Waals surface area contributed by atoms with Crippen LogP contribution in [0.5, 0.6) is 5.19 Å². The Morgan fingerprint density at radius 3 is 2.79 bits per heavy atom. The van der Waals surface area contributed by atoms with Crippen LogP contribution in [-0.4, -0.2) is 21.5 Å². The highest BCUT2D eigenvalue weighted by atomic mass is 32.1. The van der Waals surface area contributed by atoms with Gasteiger partial charge in [-0.3, -0.25) is 0 Å². The first-order chi connectivity index (χ1) is 6.68. The normalized spacial score (nSPS) is 19.9.